The van der Waals surface area contributed by atoms with E-state index in [9.17, 15) is 0 Å². The van der Waals surface area contributed by atoms with Gasteiger partial charge in [0.2, 0.25) is 0 Å². The molecule has 1 aliphatic rings. The molecule has 0 saturated carbocycles. The third-order valence-corrected chi connectivity index (χ3v) is 4.22. The minimum atomic E-state index is 0.926. The van der Waals surface area contributed by atoms with Crippen LogP contribution in [0.15, 0.2) is 0 Å². The molecule has 0 amide bonds. The van der Waals surface area contributed by atoms with Gasteiger partial charge in [0.05, 0.1) is 0 Å². The normalized spacial score (nSPS) is 40.5. The molecule has 1 saturated heterocycles. The molecule has 1 heteroatoms. The molecule has 0 radical (unpaired) electrons. The lowest BCUT2D eigenvalue weighted by Crippen LogP contribution is -2.08. The first-order valence-electron chi connectivity index (χ1n) is 4.43. The third kappa shape index (κ3) is 1.69. The van der Waals surface area contributed by atoms with Crippen LogP contribution < -0.4 is 0 Å². The van der Waals surface area contributed by atoms with Crippen molar-refractivity contribution < 1.29 is 0 Å². The molecular weight excluding hydrogens is 140 g/mol. The van der Waals surface area contributed by atoms with E-state index in [0.29, 0.717) is 0 Å². The van der Waals surface area contributed by atoms with Crippen molar-refractivity contribution in [2.75, 3.05) is 0 Å². The summed E-state index contributed by atoms with van der Waals surface area (Å²) < 4.78 is 0. The van der Waals surface area contributed by atoms with E-state index in [1.807, 2.05) is 0 Å². The fourth-order valence-electron chi connectivity index (χ4n) is 1.90. The Kier molecular flexibility index (Phi) is 3.09. The van der Waals surface area contributed by atoms with Gasteiger partial charge in [-0.15, -0.1) is 0 Å². The number of hydrogen-bond acceptors (Lipinski definition) is 1. The molecule has 0 aromatic carbocycles. The average molecular weight is 158 g/mol. The highest BCUT2D eigenvalue weighted by Crippen LogP contribution is 2.41. The predicted octanol–water partition coefficient (Wildman–Crippen LogP) is 3.32. The van der Waals surface area contributed by atoms with Gasteiger partial charge in [0.1, 0.15) is 0 Å². The van der Waals surface area contributed by atoms with Crippen LogP contribution in [0.4, 0.5) is 0 Å². The molecule has 0 N–H and O–H groups in total. The molecule has 0 aromatic rings. The maximum Gasteiger partial charge on any atom is 0.00756 e. The highest BCUT2D eigenvalue weighted by atomic mass is 32.2. The summed E-state index contributed by atoms with van der Waals surface area (Å²) in [5.41, 5.74) is 0. The van der Waals surface area contributed by atoms with Gasteiger partial charge in [-0.2, -0.15) is 11.8 Å². The van der Waals surface area contributed by atoms with Crippen LogP contribution in [0.2, 0.25) is 0 Å². The summed E-state index contributed by atoms with van der Waals surface area (Å²) in [5, 5.41) is 1.90. The van der Waals surface area contributed by atoms with Crippen LogP contribution in [-0.2, 0) is 0 Å². The number of rotatable bonds is 2. The molecule has 60 valence electrons. The summed E-state index contributed by atoms with van der Waals surface area (Å²) in [6.45, 7) is 7.01. The van der Waals surface area contributed by atoms with E-state index in [1.165, 1.54) is 19.3 Å². The molecule has 1 aliphatic heterocycles. The molecule has 10 heavy (non-hydrogen) atoms. The Balaban J connectivity index is 2.41. The number of thioether (sulfide) groups is 1. The molecule has 1 fully saturated rings. The van der Waals surface area contributed by atoms with Crippen molar-refractivity contribution >= 4 is 11.8 Å². The fraction of sp³-hybridized carbons (Fsp3) is 1.00. The average Bonchev–Trinajstić information content (AvgIpc) is 2.30. The van der Waals surface area contributed by atoms with Gasteiger partial charge < -0.3 is 0 Å². The zero-order valence-corrected chi connectivity index (χ0v) is 8.08. The second-order valence-electron chi connectivity index (χ2n) is 3.30. The molecule has 0 spiro atoms. The van der Waals surface area contributed by atoms with Gasteiger partial charge in [0, 0.05) is 10.5 Å². The maximum absolute atomic E-state index is 2.36. The highest BCUT2D eigenvalue weighted by molar-refractivity contribution is 8.00. The van der Waals surface area contributed by atoms with E-state index in [-0.39, 0.29) is 0 Å². The van der Waals surface area contributed by atoms with Crippen molar-refractivity contribution in [2.24, 2.45) is 5.92 Å². The molecule has 0 aromatic heterocycles. The monoisotopic (exact) mass is 158 g/mol. The van der Waals surface area contributed by atoms with Crippen molar-refractivity contribution in [1.82, 2.24) is 0 Å². The van der Waals surface area contributed by atoms with Crippen LogP contribution >= 0.6 is 11.8 Å². The summed E-state index contributed by atoms with van der Waals surface area (Å²) in [4.78, 5) is 0. The van der Waals surface area contributed by atoms with Gasteiger partial charge in [-0.3, -0.25) is 0 Å². The van der Waals surface area contributed by atoms with Crippen molar-refractivity contribution in [2.45, 2.75) is 50.5 Å². The minimum Gasteiger partial charge on any atom is -0.155 e. The highest BCUT2D eigenvalue weighted by Gasteiger charge is 2.29. The van der Waals surface area contributed by atoms with E-state index < -0.39 is 0 Å². The first-order chi connectivity index (χ1) is 4.77. The largest absolute Gasteiger partial charge is 0.155 e. The Labute approximate surface area is 68.8 Å². The second-order valence-corrected chi connectivity index (χ2v) is 4.98. The van der Waals surface area contributed by atoms with Crippen LogP contribution in [0.25, 0.3) is 0 Å². The van der Waals surface area contributed by atoms with Crippen LogP contribution in [0.5, 0.6) is 0 Å². The summed E-state index contributed by atoms with van der Waals surface area (Å²) in [6, 6.07) is 0. The zero-order valence-electron chi connectivity index (χ0n) is 7.26. The van der Waals surface area contributed by atoms with Crippen molar-refractivity contribution in [3.63, 3.8) is 0 Å². The SMILES string of the molecule is CC[C@@H]1CC(C)S[C@@H]1CC. The Hall–Kier alpha value is 0.350. The lowest BCUT2D eigenvalue weighted by Gasteiger charge is -2.13. The van der Waals surface area contributed by atoms with Crippen LogP contribution in [0, 0.1) is 5.92 Å². The topological polar surface area (TPSA) is 0 Å². The smallest absolute Gasteiger partial charge is 0.00756 e. The Morgan fingerprint density at radius 3 is 2.40 bits per heavy atom. The quantitative estimate of drug-likeness (QED) is 0.594. The molecule has 0 nitrogen and oxygen atoms in total. The van der Waals surface area contributed by atoms with E-state index in [4.69, 9.17) is 0 Å². The fourth-order valence-corrected chi connectivity index (χ4v) is 3.58. The van der Waals surface area contributed by atoms with Gasteiger partial charge in [-0.05, 0) is 18.8 Å². The summed E-state index contributed by atoms with van der Waals surface area (Å²) in [5.74, 6) is 1.02. The maximum atomic E-state index is 2.36. The molecule has 1 unspecified atom stereocenters. The molecule has 0 aliphatic carbocycles. The van der Waals surface area contributed by atoms with Gasteiger partial charge in [0.25, 0.3) is 0 Å². The van der Waals surface area contributed by atoms with E-state index >= 15 is 0 Å². The van der Waals surface area contributed by atoms with Crippen molar-refractivity contribution in [3.05, 3.63) is 0 Å². The first-order valence-corrected chi connectivity index (χ1v) is 5.37. The van der Waals surface area contributed by atoms with Crippen LogP contribution in [-0.4, -0.2) is 10.5 Å². The summed E-state index contributed by atoms with van der Waals surface area (Å²) in [7, 11) is 0. The Morgan fingerprint density at radius 2 is 2.00 bits per heavy atom. The van der Waals surface area contributed by atoms with E-state index in [2.05, 4.69) is 32.5 Å². The third-order valence-electron chi connectivity index (χ3n) is 2.49. The lowest BCUT2D eigenvalue weighted by molar-refractivity contribution is 0.472. The zero-order chi connectivity index (χ0) is 7.56. The first kappa shape index (κ1) is 8.45. The van der Waals surface area contributed by atoms with Gasteiger partial charge in [-0.1, -0.05) is 27.2 Å². The summed E-state index contributed by atoms with van der Waals surface area (Å²) >= 11 is 2.20. The van der Waals surface area contributed by atoms with E-state index in [1.54, 1.807) is 0 Å². The van der Waals surface area contributed by atoms with Crippen molar-refractivity contribution in [1.29, 1.82) is 0 Å². The molecular formula is C9H18S. The van der Waals surface area contributed by atoms with Gasteiger partial charge >= 0.3 is 0 Å². The van der Waals surface area contributed by atoms with E-state index in [0.717, 1.165) is 16.4 Å². The van der Waals surface area contributed by atoms with Gasteiger partial charge in [-0.25, -0.2) is 0 Å². The second kappa shape index (κ2) is 3.66. The predicted molar refractivity (Wildman–Crippen MR) is 49.5 cm³/mol. The Bertz CT molecular complexity index is 88.9. The molecule has 1 rings (SSSR count). The summed E-state index contributed by atoms with van der Waals surface area (Å²) in [6.07, 6.45) is 4.21. The van der Waals surface area contributed by atoms with Crippen LogP contribution in [0.1, 0.15) is 40.0 Å². The molecule has 3 atom stereocenters. The van der Waals surface area contributed by atoms with Gasteiger partial charge in [0.15, 0.2) is 0 Å². The number of hydrogen-bond donors (Lipinski definition) is 0. The molecule has 1 heterocycles. The van der Waals surface area contributed by atoms with Crippen molar-refractivity contribution in [3.8, 4) is 0 Å². The standard InChI is InChI=1S/C9H18S/c1-4-8-6-7(3)10-9(8)5-2/h7-9H,4-6H2,1-3H3/t7?,8-,9-/m1/s1. The van der Waals surface area contributed by atoms with Crippen LogP contribution in [0.3, 0.4) is 0 Å². The Morgan fingerprint density at radius 1 is 1.30 bits per heavy atom. The molecule has 0 bridgehead atoms. The lowest BCUT2D eigenvalue weighted by atomic mass is 9.96. The minimum absolute atomic E-state index is 0.926.